The van der Waals surface area contributed by atoms with Gasteiger partial charge in [0.15, 0.2) is 5.82 Å². The zero-order chi connectivity index (χ0) is 15.2. The number of nitrogens with one attached hydrogen (secondary N) is 1. The molecule has 0 aliphatic rings. The Kier molecular flexibility index (Phi) is 3.13. The molecule has 0 saturated carbocycles. The van der Waals surface area contributed by atoms with E-state index in [-0.39, 0.29) is 11.4 Å². The minimum absolute atomic E-state index is 0.107. The highest BCUT2D eigenvalue weighted by atomic mass is 35.5. The number of hydrogen-bond acceptors (Lipinski definition) is 1. The number of imidazole rings is 1. The maximum Gasteiger partial charge on any atom is 0.417 e. The number of para-hydroxylation sites is 2. The van der Waals surface area contributed by atoms with Crippen molar-refractivity contribution in [2.45, 2.75) is 6.18 Å². The molecule has 0 amide bonds. The van der Waals surface area contributed by atoms with Crippen molar-refractivity contribution < 1.29 is 17.6 Å². The molecule has 3 rings (SSSR count). The van der Waals surface area contributed by atoms with Gasteiger partial charge in [0.1, 0.15) is 5.82 Å². The van der Waals surface area contributed by atoms with Crippen LogP contribution in [-0.4, -0.2) is 9.97 Å². The summed E-state index contributed by atoms with van der Waals surface area (Å²) in [5, 5.41) is -0.958. The molecule has 2 nitrogen and oxygen atoms in total. The Bertz CT molecular complexity index is 790. The molecule has 1 aromatic heterocycles. The van der Waals surface area contributed by atoms with Gasteiger partial charge in [0.2, 0.25) is 0 Å². The van der Waals surface area contributed by atoms with Crippen LogP contribution in [0.15, 0.2) is 36.4 Å². The number of alkyl halides is 3. The molecule has 0 spiro atoms. The van der Waals surface area contributed by atoms with Crippen molar-refractivity contribution in [1.29, 1.82) is 0 Å². The number of halogens is 5. The van der Waals surface area contributed by atoms with Gasteiger partial charge in [-0.1, -0.05) is 23.7 Å². The first-order chi connectivity index (χ1) is 9.88. The molecular formula is C14H7ClF4N2. The van der Waals surface area contributed by atoms with Gasteiger partial charge in [0.05, 0.1) is 27.2 Å². The van der Waals surface area contributed by atoms with E-state index in [9.17, 15) is 17.6 Å². The van der Waals surface area contributed by atoms with Crippen LogP contribution in [0.3, 0.4) is 0 Å². The standard InChI is InChI=1S/C14H7ClF4N2/c15-11-8(14(17,18)19)6-5-7(12(11)16)13-20-9-3-1-2-4-10(9)21-13/h1-6H,(H,20,21). The van der Waals surface area contributed by atoms with Crippen LogP contribution in [0.25, 0.3) is 22.4 Å². The summed E-state index contributed by atoms with van der Waals surface area (Å²) in [4.78, 5) is 6.99. The summed E-state index contributed by atoms with van der Waals surface area (Å²) in [7, 11) is 0. The van der Waals surface area contributed by atoms with Gasteiger partial charge in [0.25, 0.3) is 0 Å². The summed E-state index contributed by atoms with van der Waals surface area (Å²) in [6.45, 7) is 0. The van der Waals surface area contributed by atoms with E-state index in [1.807, 2.05) is 0 Å². The highest BCUT2D eigenvalue weighted by molar-refractivity contribution is 6.31. The van der Waals surface area contributed by atoms with Crippen LogP contribution in [0.1, 0.15) is 5.56 Å². The minimum atomic E-state index is -4.70. The van der Waals surface area contributed by atoms with Crippen LogP contribution >= 0.6 is 11.6 Å². The number of aromatic nitrogens is 2. The predicted octanol–water partition coefficient (Wildman–Crippen LogP) is 5.04. The van der Waals surface area contributed by atoms with Crippen molar-refractivity contribution >= 4 is 22.6 Å². The third-order valence-corrected chi connectivity index (χ3v) is 3.40. The Hall–Kier alpha value is -2.08. The molecule has 0 atom stereocenters. The highest BCUT2D eigenvalue weighted by Crippen LogP contribution is 2.38. The zero-order valence-electron chi connectivity index (χ0n) is 10.3. The smallest absolute Gasteiger partial charge is 0.338 e. The number of rotatable bonds is 1. The summed E-state index contributed by atoms with van der Waals surface area (Å²) in [5.41, 5.74) is -0.0726. The van der Waals surface area contributed by atoms with E-state index in [1.54, 1.807) is 24.3 Å². The molecule has 0 fully saturated rings. The molecule has 0 bridgehead atoms. The van der Waals surface area contributed by atoms with E-state index in [0.717, 1.165) is 12.1 Å². The van der Waals surface area contributed by atoms with E-state index in [4.69, 9.17) is 11.6 Å². The highest BCUT2D eigenvalue weighted by Gasteiger charge is 2.35. The number of hydrogen-bond donors (Lipinski definition) is 1. The van der Waals surface area contributed by atoms with Crippen molar-refractivity contribution in [2.75, 3.05) is 0 Å². The van der Waals surface area contributed by atoms with E-state index in [0.29, 0.717) is 11.0 Å². The van der Waals surface area contributed by atoms with Gasteiger partial charge >= 0.3 is 6.18 Å². The molecule has 3 aromatic rings. The van der Waals surface area contributed by atoms with Gasteiger partial charge < -0.3 is 4.98 Å². The third-order valence-electron chi connectivity index (χ3n) is 3.03. The summed E-state index contributed by atoms with van der Waals surface area (Å²) in [6.07, 6.45) is -4.70. The molecule has 0 aliphatic carbocycles. The number of fused-ring (bicyclic) bond motifs is 1. The maximum absolute atomic E-state index is 14.1. The van der Waals surface area contributed by atoms with Crippen LogP contribution in [0, 0.1) is 5.82 Å². The van der Waals surface area contributed by atoms with Crippen LogP contribution in [0.2, 0.25) is 5.02 Å². The van der Waals surface area contributed by atoms with E-state index in [2.05, 4.69) is 9.97 Å². The molecule has 1 heterocycles. The van der Waals surface area contributed by atoms with Crippen molar-refractivity contribution in [2.24, 2.45) is 0 Å². The van der Waals surface area contributed by atoms with Crippen LogP contribution in [0.4, 0.5) is 17.6 Å². The molecule has 1 N–H and O–H groups in total. The first kappa shape index (κ1) is 13.9. The summed E-state index contributed by atoms with van der Waals surface area (Å²) >= 11 is 5.49. The fourth-order valence-corrected chi connectivity index (χ4v) is 2.30. The Morgan fingerprint density at radius 1 is 1.05 bits per heavy atom. The molecule has 0 radical (unpaired) electrons. The second-order valence-electron chi connectivity index (χ2n) is 4.39. The second-order valence-corrected chi connectivity index (χ2v) is 4.77. The van der Waals surface area contributed by atoms with Crippen LogP contribution < -0.4 is 0 Å². The number of benzene rings is 2. The molecule has 7 heteroatoms. The second kappa shape index (κ2) is 4.73. The topological polar surface area (TPSA) is 28.7 Å². The molecular weight excluding hydrogens is 308 g/mol. The Labute approximate surface area is 121 Å². The van der Waals surface area contributed by atoms with E-state index in [1.165, 1.54) is 0 Å². The van der Waals surface area contributed by atoms with Crippen molar-refractivity contribution in [1.82, 2.24) is 9.97 Å². The number of nitrogens with zero attached hydrogens (tertiary/aromatic N) is 1. The average Bonchev–Trinajstić information content (AvgIpc) is 2.83. The fourth-order valence-electron chi connectivity index (χ4n) is 2.03. The maximum atomic E-state index is 14.1. The first-order valence-electron chi connectivity index (χ1n) is 5.88. The monoisotopic (exact) mass is 314 g/mol. The molecule has 108 valence electrons. The first-order valence-corrected chi connectivity index (χ1v) is 6.26. The van der Waals surface area contributed by atoms with Gasteiger partial charge in [-0.05, 0) is 24.3 Å². The van der Waals surface area contributed by atoms with Gasteiger partial charge in [0, 0.05) is 0 Å². The number of aromatic amines is 1. The summed E-state index contributed by atoms with van der Waals surface area (Å²) < 4.78 is 52.1. The lowest BCUT2D eigenvalue weighted by molar-refractivity contribution is -0.137. The Morgan fingerprint density at radius 2 is 1.76 bits per heavy atom. The lowest BCUT2D eigenvalue weighted by Crippen LogP contribution is -2.07. The third kappa shape index (κ3) is 2.35. The molecule has 0 saturated heterocycles. The predicted molar refractivity (Wildman–Crippen MR) is 71.5 cm³/mol. The quantitative estimate of drug-likeness (QED) is 0.626. The lowest BCUT2D eigenvalue weighted by Gasteiger charge is -2.10. The van der Waals surface area contributed by atoms with Gasteiger partial charge in [-0.25, -0.2) is 9.37 Å². The molecule has 0 aliphatic heterocycles. The van der Waals surface area contributed by atoms with E-state index < -0.39 is 22.6 Å². The fraction of sp³-hybridized carbons (Fsp3) is 0.0714. The largest absolute Gasteiger partial charge is 0.417 e. The Morgan fingerprint density at radius 3 is 2.43 bits per heavy atom. The molecule has 21 heavy (non-hydrogen) atoms. The lowest BCUT2D eigenvalue weighted by atomic mass is 10.1. The van der Waals surface area contributed by atoms with E-state index >= 15 is 0 Å². The SMILES string of the molecule is Fc1c(-c2nc3ccccc3[nH]2)ccc(C(F)(F)F)c1Cl. The summed E-state index contributed by atoms with van der Waals surface area (Å²) in [6, 6.07) is 8.72. The van der Waals surface area contributed by atoms with Crippen LogP contribution in [-0.2, 0) is 6.18 Å². The van der Waals surface area contributed by atoms with Gasteiger partial charge in [-0.15, -0.1) is 0 Å². The molecule has 0 unspecified atom stereocenters. The Balaban J connectivity index is 2.17. The number of H-pyrrole nitrogens is 1. The normalized spacial score (nSPS) is 12.0. The van der Waals surface area contributed by atoms with Crippen molar-refractivity contribution in [3.63, 3.8) is 0 Å². The van der Waals surface area contributed by atoms with Crippen molar-refractivity contribution in [3.8, 4) is 11.4 Å². The van der Waals surface area contributed by atoms with Gasteiger partial charge in [-0.2, -0.15) is 13.2 Å². The average molecular weight is 315 g/mol. The van der Waals surface area contributed by atoms with Gasteiger partial charge in [-0.3, -0.25) is 0 Å². The van der Waals surface area contributed by atoms with Crippen molar-refractivity contribution in [3.05, 3.63) is 52.8 Å². The molecule has 2 aromatic carbocycles. The minimum Gasteiger partial charge on any atom is -0.338 e. The van der Waals surface area contributed by atoms with Crippen LogP contribution in [0.5, 0.6) is 0 Å². The summed E-state index contributed by atoms with van der Waals surface area (Å²) in [5.74, 6) is -1.02. The zero-order valence-corrected chi connectivity index (χ0v) is 11.1.